The van der Waals surface area contributed by atoms with Crippen LogP contribution in [0, 0.1) is 0 Å². The van der Waals surface area contributed by atoms with Crippen molar-refractivity contribution in [3.63, 3.8) is 0 Å². The molecule has 0 aliphatic carbocycles. The molecule has 21 heavy (non-hydrogen) atoms. The quantitative estimate of drug-likeness (QED) is 0.829. The minimum Gasteiger partial charge on any atom is -0.368 e. The van der Waals surface area contributed by atoms with E-state index in [-0.39, 0.29) is 17.6 Å². The summed E-state index contributed by atoms with van der Waals surface area (Å²) < 4.78 is 39.5. The highest BCUT2D eigenvalue weighted by molar-refractivity contribution is 6.30. The van der Waals surface area contributed by atoms with E-state index >= 15 is 0 Å². The lowest BCUT2D eigenvalue weighted by atomic mass is 9.98. The van der Waals surface area contributed by atoms with E-state index < -0.39 is 16.9 Å². The van der Waals surface area contributed by atoms with Gasteiger partial charge in [0, 0.05) is 5.56 Å². The second-order valence-electron chi connectivity index (χ2n) is 4.87. The smallest absolute Gasteiger partial charge is 0.368 e. The zero-order valence-corrected chi connectivity index (χ0v) is 12.1. The Balaban J connectivity index is 2.71. The maximum Gasteiger partial charge on any atom is 0.421 e. The summed E-state index contributed by atoms with van der Waals surface area (Å²) in [5, 5.41) is -0.694. The van der Waals surface area contributed by atoms with Gasteiger partial charge < -0.3 is 5.73 Å². The zero-order chi connectivity index (χ0) is 15.8. The monoisotopic (exact) mass is 315 g/mol. The fourth-order valence-electron chi connectivity index (χ4n) is 1.95. The highest BCUT2D eigenvalue weighted by Gasteiger charge is 2.38. The molecule has 112 valence electrons. The largest absolute Gasteiger partial charge is 0.421 e. The summed E-state index contributed by atoms with van der Waals surface area (Å²) in [5.74, 6) is -0.119. The van der Waals surface area contributed by atoms with Gasteiger partial charge in [-0.3, -0.25) is 0 Å². The topological polar surface area (TPSA) is 51.8 Å². The van der Waals surface area contributed by atoms with Crippen LogP contribution in [0.25, 0.3) is 11.3 Å². The Morgan fingerprint density at radius 2 is 1.86 bits per heavy atom. The molecule has 3 nitrogen and oxygen atoms in total. The predicted octanol–water partition coefficient (Wildman–Crippen LogP) is 4.52. The molecule has 2 aromatic rings. The van der Waals surface area contributed by atoms with Crippen LogP contribution in [0.15, 0.2) is 24.3 Å². The average molecular weight is 316 g/mol. The Bertz CT molecular complexity index is 669. The van der Waals surface area contributed by atoms with Crippen LogP contribution in [-0.4, -0.2) is 9.97 Å². The van der Waals surface area contributed by atoms with E-state index in [1.54, 1.807) is 18.2 Å². The number of rotatable bonds is 2. The molecule has 0 spiro atoms. The Morgan fingerprint density at radius 3 is 2.43 bits per heavy atom. The number of nitrogens with zero attached hydrogens (tertiary/aromatic N) is 2. The molecule has 0 fully saturated rings. The molecule has 0 aliphatic rings. The number of nitrogen functional groups attached to an aromatic ring is 1. The van der Waals surface area contributed by atoms with Gasteiger partial charge in [-0.25, -0.2) is 9.97 Å². The van der Waals surface area contributed by atoms with Gasteiger partial charge in [-0.15, -0.1) is 0 Å². The van der Waals surface area contributed by atoms with Gasteiger partial charge in [0.25, 0.3) is 0 Å². The normalized spacial score (nSPS) is 12.0. The van der Waals surface area contributed by atoms with Gasteiger partial charge in [-0.2, -0.15) is 13.2 Å². The van der Waals surface area contributed by atoms with Gasteiger partial charge in [-0.05, 0) is 17.5 Å². The maximum absolute atomic E-state index is 13.2. The van der Waals surface area contributed by atoms with Crippen molar-refractivity contribution in [3.05, 3.63) is 40.5 Å². The molecule has 0 aliphatic heterocycles. The first kappa shape index (κ1) is 15.6. The molecule has 0 atom stereocenters. The highest BCUT2D eigenvalue weighted by atomic mass is 35.5. The third kappa shape index (κ3) is 3.26. The second-order valence-corrected chi connectivity index (χ2v) is 5.23. The van der Waals surface area contributed by atoms with Gasteiger partial charge in [0.05, 0.1) is 5.69 Å². The number of hydrogen-bond donors (Lipinski definition) is 1. The van der Waals surface area contributed by atoms with Crippen LogP contribution in [0.1, 0.15) is 30.9 Å². The molecule has 0 amide bonds. The number of nitrogens with two attached hydrogens (primary N) is 1. The number of halogens is 4. The summed E-state index contributed by atoms with van der Waals surface area (Å²) in [7, 11) is 0. The van der Waals surface area contributed by atoms with Crippen molar-refractivity contribution in [2.45, 2.75) is 25.9 Å². The van der Waals surface area contributed by atoms with Crippen LogP contribution in [0.5, 0.6) is 0 Å². The predicted molar refractivity (Wildman–Crippen MR) is 76.0 cm³/mol. The molecule has 0 radical (unpaired) electrons. The first-order chi connectivity index (χ1) is 9.70. The molecule has 0 saturated heterocycles. The third-order valence-corrected chi connectivity index (χ3v) is 3.27. The molecular weight excluding hydrogens is 303 g/mol. The molecule has 0 saturated carbocycles. The molecule has 1 heterocycles. The molecule has 7 heteroatoms. The minimum atomic E-state index is -4.66. The lowest BCUT2D eigenvalue weighted by Gasteiger charge is -2.15. The minimum absolute atomic E-state index is 0.175. The van der Waals surface area contributed by atoms with Crippen LogP contribution >= 0.6 is 11.6 Å². The average Bonchev–Trinajstić information content (AvgIpc) is 2.36. The fourth-order valence-corrected chi connectivity index (χ4v) is 2.24. The van der Waals surface area contributed by atoms with Gasteiger partial charge in [0.1, 0.15) is 10.7 Å². The second kappa shape index (κ2) is 5.52. The van der Waals surface area contributed by atoms with Crippen molar-refractivity contribution < 1.29 is 13.2 Å². The Labute approximate surface area is 125 Å². The SMILES string of the molecule is CC(C)c1cccc(-c2nc(N)nc(Cl)c2C(F)(F)F)c1. The van der Waals surface area contributed by atoms with Gasteiger partial charge >= 0.3 is 6.18 Å². The van der Waals surface area contributed by atoms with E-state index in [9.17, 15) is 13.2 Å². The summed E-state index contributed by atoms with van der Waals surface area (Å²) in [5.41, 5.74) is 5.27. The Morgan fingerprint density at radius 1 is 1.19 bits per heavy atom. The van der Waals surface area contributed by atoms with Crippen molar-refractivity contribution >= 4 is 17.5 Å². The van der Waals surface area contributed by atoms with Gasteiger partial charge in [0.2, 0.25) is 5.95 Å². The highest BCUT2D eigenvalue weighted by Crippen LogP contribution is 2.40. The molecule has 1 aromatic heterocycles. The summed E-state index contributed by atoms with van der Waals surface area (Å²) in [6, 6.07) is 6.71. The van der Waals surface area contributed by atoms with Crippen molar-refractivity contribution in [3.8, 4) is 11.3 Å². The zero-order valence-electron chi connectivity index (χ0n) is 11.4. The first-order valence-corrected chi connectivity index (χ1v) is 6.58. The molecule has 0 unspecified atom stereocenters. The molecule has 2 N–H and O–H groups in total. The van der Waals surface area contributed by atoms with E-state index in [1.165, 1.54) is 0 Å². The van der Waals surface area contributed by atoms with E-state index in [0.717, 1.165) is 5.56 Å². The van der Waals surface area contributed by atoms with Crippen LogP contribution in [0.3, 0.4) is 0 Å². The van der Waals surface area contributed by atoms with E-state index in [4.69, 9.17) is 17.3 Å². The lowest BCUT2D eigenvalue weighted by Crippen LogP contribution is -2.12. The Hall–Kier alpha value is -1.82. The van der Waals surface area contributed by atoms with Crippen molar-refractivity contribution in [2.75, 3.05) is 5.73 Å². The molecule has 1 aromatic carbocycles. The third-order valence-electron chi connectivity index (χ3n) is 2.99. The Kier molecular flexibility index (Phi) is 4.09. The van der Waals surface area contributed by atoms with Crippen molar-refractivity contribution in [1.82, 2.24) is 9.97 Å². The molecule has 0 bridgehead atoms. The number of aromatic nitrogens is 2. The number of hydrogen-bond acceptors (Lipinski definition) is 3. The number of alkyl halides is 3. The standard InChI is InChI=1S/C14H13ClF3N3/c1-7(2)8-4-3-5-9(6-8)11-10(14(16,17)18)12(15)21-13(19)20-11/h3-7H,1-2H3,(H2,19,20,21). The molecular formula is C14H13ClF3N3. The van der Waals surface area contributed by atoms with Crippen molar-refractivity contribution in [1.29, 1.82) is 0 Å². The number of anilines is 1. The summed E-state index contributed by atoms with van der Waals surface area (Å²) >= 11 is 5.62. The van der Waals surface area contributed by atoms with Crippen LogP contribution in [-0.2, 0) is 6.18 Å². The van der Waals surface area contributed by atoms with Crippen LogP contribution in [0.4, 0.5) is 19.1 Å². The lowest BCUT2D eigenvalue weighted by molar-refractivity contribution is -0.137. The summed E-state index contributed by atoms with van der Waals surface area (Å²) in [6.45, 7) is 3.90. The molecule has 2 rings (SSSR count). The van der Waals surface area contributed by atoms with E-state index in [1.807, 2.05) is 19.9 Å². The van der Waals surface area contributed by atoms with Crippen LogP contribution in [0.2, 0.25) is 5.15 Å². The summed E-state index contributed by atoms with van der Waals surface area (Å²) in [4.78, 5) is 7.13. The van der Waals surface area contributed by atoms with E-state index in [0.29, 0.717) is 5.56 Å². The maximum atomic E-state index is 13.2. The van der Waals surface area contributed by atoms with Gasteiger partial charge in [0.15, 0.2) is 0 Å². The fraction of sp³-hybridized carbons (Fsp3) is 0.286. The van der Waals surface area contributed by atoms with Gasteiger partial charge in [-0.1, -0.05) is 43.6 Å². The van der Waals surface area contributed by atoms with E-state index in [2.05, 4.69) is 9.97 Å². The van der Waals surface area contributed by atoms with Crippen molar-refractivity contribution in [2.24, 2.45) is 0 Å². The van der Waals surface area contributed by atoms with Crippen LogP contribution < -0.4 is 5.73 Å². The first-order valence-electron chi connectivity index (χ1n) is 6.20. The number of benzene rings is 1. The summed E-state index contributed by atoms with van der Waals surface area (Å²) in [6.07, 6.45) is -4.66.